The Balaban J connectivity index is 2.60. The molecule has 0 radical (unpaired) electrons. The maximum atomic E-state index is 6.16. The van der Waals surface area contributed by atoms with Gasteiger partial charge in [-0.2, -0.15) is 5.10 Å². The Kier molecular flexibility index (Phi) is 3.37. The second-order valence-corrected chi connectivity index (χ2v) is 5.45. The molecule has 0 saturated heterocycles. The molecule has 0 aliphatic carbocycles. The smallest absolute Gasteiger partial charge is 0.144 e. The van der Waals surface area contributed by atoms with Crippen LogP contribution in [0.25, 0.3) is 5.69 Å². The van der Waals surface area contributed by atoms with E-state index in [0.29, 0.717) is 0 Å². The number of nitrogens with two attached hydrogens (primary N) is 1. The third-order valence-corrected chi connectivity index (χ3v) is 3.27. The molecule has 0 atom stereocenters. The van der Waals surface area contributed by atoms with Crippen LogP contribution in [0.3, 0.4) is 0 Å². The summed E-state index contributed by atoms with van der Waals surface area (Å²) in [6, 6.07) is 6.04. The molecule has 19 heavy (non-hydrogen) atoms. The highest BCUT2D eigenvalue weighted by Crippen LogP contribution is 2.28. The molecule has 2 N–H and O–H groups in total. The van der Waals surface area contributed by atoms with E-state index in [4.69, 9.17) is 10.5 Å². The van der Waals surface area contributed by atoms with E-state index in [9.17, 15) is 0 Å². The maximum Gasteiger partial charge on any atom is 0.144 e. The van der Waals surface area contributed by atoms with Crippen molar-refractivity contribution < 1.29 is 4.74 Å². The fourth-order valence-corrected chi connectivity index (χ4v) is 2.25. The topological polar surface area (TPSA) is 53.1 Å². The molecule has 0 bridgehead atoms. The summed E-state index contributed by atoms with van der Waals surface area (Å²) in [5.74, 6) is 0.804. The zero-order valence-corrected chi connectivity index (χ0v) is 12.2. The average Bonchev–Trinajstić information content (AvgIpc) is 2.70. The summed E-state index contributed by atoms with van der Waals surface area (Å²) in [6.45, 7) is 8.04. The lowest BCUT2D eigenvalue weighted by Crippen LogP contribution is -2.29. The minimum Gasteiger partial charge on any atom is -0.494 e. The third kappa shape index (κ3) is 2.49. The summed E-state index contributed by atoms with van der Waals surface area (Å²) < 4.78 is 7.30. The SMILES string of the molecule is COc1ccc(C)cc1-n1ncc(C(C)(C)N)c1C. The lowest BCUT2D eigenvalue weighted by atomic mass is 9.96. The van der Waals surface area contributed by atoms with Crippen LogP contribution in [0, 0.1) is 13.8 Å². The second kappa shape index (κ2) is 4.70. The molecule has 0 unspecified atom stereocenters. The van der Waals surface area contributed by atoms with Crippen LogP contribution >= 0.6 is 0 Å². The molecule has 1 heterocycles. The van der Waals surface area contributed by atoms with Gasteiger partial charge in [-0.25, -0.2) is 4.68 Å². The van der Waals surface area contributed by atoms with Crippen LogP contribution in [0.15, 0.2) is 24.4 Å². The van der Waals surface area contributed by atoms with E-state index < -0.39 is 5.54 Å². The van der Waals surface area contributed by atoms with Gasteiger partial charge in [-0.05, 0) is 45.4 Å². The summed E-state index contributed by atoms with van der Waals surface area (Å²) in [5, 5.41) is 4.46. The highest BCUT2D eigenvalue weighted by Gasteiger charge is 2.21. The van der Waals surface area contributed by atoms with E-state index in [1.165, 1.54) is 5.56 Å². The number of hydrogen-bond acceptors (Lipinski definition) is 3. The van der Waals surface area contributed by atoms with Gasteiger partial charge in [0, 0.05) is 16.8 Å². The Morgan fingerprint density at radius 3 is 2.47 bits per heavy atom. The van der Waals surface area contributed by atoms with E-state index >= 15 is 0 Å². The van der Waals surface area contributed by atoms with E-state index in [1.54, 1.807) is 7.11 Å². The zero-order chi connectivity index (χ0) is 14.2. The molecule has 2 rings (SSSR count). The van der Waals surface area contributed by atoms with Crippen molar-refractivity contribution >= 4 is 0 Å². The molecule has 4 nitrogen and oxygen atoms in total. The first-order chi connectivity index (χ1) is 8.84. The highest BCUT2D eigenvalue weighted by atomic mass is 16.5. The largest absolute Gasteiger partial charge is 0.494 e. The van der Waals surface area contributed by atoms with Gasteiger partial charge in [0.05, 0.1) is 13.3 Å². The van der Waals surface area contributed by atoms with Crippen molar-refractivity contribution in [3.63, 3.8) is 0 Å². The van der Waals surface area contributed by atoms with Gasteiger partial charge in [-0.1, -0.05) is 6.07 Å². The van der Waals surface area contributed by atoms with E-state index in [-0.39, 0.29) is 0 Å². The van der Waals surface area contributed by atoms with Crippen LogP contribution in [0.1, 0.15) is 30.7 Å². The third-order valence-electron chi connectivity index (χ3n) is 3.27. The van der Waals surface area contributed by atoms with Crippen molar-refractivity contribution in [2.75, 3.05) is 7.11 Å². The molecule has 0 saturated carbocycles. The fraction of sp³-hybridized carbons (Fsp3) is 0.400. The normalized spacial score (nSPS) is 11.7. The molecule has 2 aromatic rings. The number of nitrogens with zero attached hydrogens (tertiary/aromatic N) is 2. The molecular weight excluding hydrogens is 238 g/mol. The fourth-order valence-electron chi connectivity index (χ4n) is 2.25. The first-order valence-corrected chi connectivity index (χ1v) is 6.33. The Morgan fingerprint density at radius 1 is 1.26 bits per heavy atom. The second-order valence-electron chi connectivity index (χ2n) is 5.45. The van der Waals surface area contributed by atoms with Gasteiger partial charge in [0.2, 0.25) is 0 Å². The van der Waals surface area contributed by atoms with Crippen LogP contribution < -0.4 is 10.5 Å². The van der Waals surface area contributed by atoms with Crippen molar-refractivity contribution in [2.45, 2.75) is 33.2 Å². The minimum absolute atomic E-state index is 0.403. The van der Waals surface area contributed by atoms with E-state index in [0.717, 1.165) is 22.7 Å². The number of ether oxygens (including phenoxy) is 1. The predicted molar refractivity (Wildman–Crippen MR) is 76.8 cm³/mol. The molecule has 0 aliphatic heterocycles. The lowest BCUT2D eigenvalue weighted by molar-refractivity contribution is 0.411. The lowest BCUT2D eigenvalue weighted by Gasteiger charge is -2.18. The van der Waals surface area contributed by atoms with Gasteiger partial charge >= 0.3 is 0 Å². The Labute approximate surface area is 114 Å². The number of aromatic nitrogens is 2. The summed E-state index contributed by atoms with van der Waals surface area (Å²) in [4.78, 5) is 0. The first-order valence-electron chi connectivity index (χ1n) is 6.33. The number of hydrogen-bond donors (Lipinski definition) is 1. The van der Waals surface area contributed by atoms with Crippen molar-refractivity contribution in [1.82, 2.24) is 9.78 Å². The van der Waals surface area contributed by atoms with Crippen LogP contribution in [-0.4, -0.2) is 16.9 Å². The van der Waals surface area contributed by atoms with Crippen LogP contribution in [0.5, 0.6) is 5.75 Å². The first kappa shape index (κ1) is 13.6. The molecule has 0 amide bonds. The molecule has 1 aromatic heterocycles. The van der Waals surface area contributed by atoms with Gasteiger partial charge < -0.3 is 10.5 Å². The van der Waals surface area contributed by atoms with E-state index in [1.807, 2.05) is 43.8 Å². The maximum absolute atomic E-state index is 6.16. The molecular formula is C15H21N3O. The van der Waals surface area contributed by atoms with Crippen molar-refractivity contribution in [2.24, 2.45) is 5.73 Å². The van der Waals surface area contributed by atoms with Crippen LogP contribution in [0.2, 0.25) is 0 Å². The molecule has 0 fully saturated rings. The molecule has 102 valence electrons. The predicted octanol–water partition coefficient (Wildman–Crippen LogP) is 2.69. The Hall–Kier alpha value is -1.81. The molecule has 0 aliphatic rings. The minimum atomic E-state index is -0.403. The summed E-state index contributed by atoms with van der Waals surface area (Å²) in [6.07, 6.45) is 1.83. The van der Waals surface area contributed by atoms with Crippen LogP contribution in [-0.2, 0) is 5.54 Å². The van der Waals surface area contributed by atoms with Crippen molar-refractivity contribution in [1.29, 1.82) is 0 Å². The van der Waals surface area contributed by atoms with Crippen molar-refractivity contribution in [3.05, 3.63) is 41.2 Å². The average molecular weight is 259 g/mol. The van der Waals surface area contributed by atoms with Gasteiger partial charge in [0.1, 0.15) is 11.4 Å². The standard InChI is InChI=1S/C15H21N3O/c1-10-6-7-14(19-5)13(8-10)18-11(2)12(9-17-18)15(3,4)16/h6-9H,16H2,1-5H3. The molecule has 1 aromatic carbocycles. The number of rotatable bonds is 3. The van der Waals surface area contributed by atoms with E-state index in [2.05, 4.69) is 18.1 Å². The van der Waals surface area contributed by atoms with Crippen LogP contribution in [0.4, 0.5) is 0 Å². The summed E-state index contributed by atoms with van der Waals surface area (Å²) in [7, 11) is 1.67. The quantitative estimate of drug-likeness (QED) is 0.922. The number of aryl methyl sites for hydroxylation is 1. The number of benzene rings is 1. The summed E-state index contributed by atoms with van der Waals surface area (Å²) in [5.41, 5.74) is 9.94. The van der Waals surface area contributed by atoms with Gasteiger partial charge in [0.15, 0.2) is 0 Å². The highest BCUT2D eigenvalue weighted by molar-refractivity contribution is 5.50. The molecule has 4 heteroatoms. The summed E-state index contributed by atoms with van der Waals surface area (Å²) >= 11 is 0. The van der Waals surface area contributed by atoms with Gasteiger partial charge in [0.25, 0.3) is 0 Å². The zero-order valence-electron chi connectivity index (χ0n) is 12.2. The molecule has 0 spiro atoms. The van der Waals surface area contributed by atoms with Crippen molar-refractivity contribution in [3.8, 4) is 11.4 Å². The van der Waals surface area contributed by atoms with Gasteiger partial charge in [-0.3, -0.25) is 0 Å². The Morgan fingerprint density at radius 2 is 1.95 bits per heavy atom. The van der Waals surface area contributed by atoms with Gasteiger partial charge in [-0.15, -0.1) is 0 Å². The number of methoxy groups -OCH3 is 1. The monoisotopic (exact) mass is 259 g/mol. The Bertz CT molecular complexity index is 594.